The minimum Gasteiger partial charge on any atom is -0.460 e. The summed E-state index contributed by atoms with van der Waals surface area (Å²) in [6.07, 6.45) is 3.29. The molecule has 1 aromatic rings. The molecule has 23 heavy (non-hydrogen) atoms. The van der Waals surface area contributed by atoms with Crippen molar-refractivity contribution in [3.05, 3.63) is 28.7 Å². The summed E-state index contributed by atoms with van der Waals surface area (Å²) in [7, 11) is 0. The predicted octanol–water partition coefficient (Wildman–Crippen LogP) is 4.00. The van der Waals surface area contributed by atoms with Gasteiger partial charge in [-0.05, 0) is 64.3 Å². The molecule has 1 saturated heterocycles. The van der Waals surface area contributed by atoms with Crippen molar-refractivity contribution in [2.75, 3.05) is 12.0 Å². The summed E-state index contributed by atoms with van der Waals surface area (Å²) in [5.74, 6) is -0.0211. The summed E-state index contributed by atoms with van der Waals surface area (Å²) in [4.78, 5) is 14.4. The van der Waals surface area contributed by atoms with Gasteiger partial charge >= 0.3 is 5.97 Å². The largest absolute Gasteiger partial charge is 0.460 e. The molecule has 0 bridgehead atoms. The first-order valence-electron chi connectivity index (χ1n) is 8.07. The number of amidine groups is 1. The Morgan fingerprint density at radius 2 is 1.91 bits per heavy atom. The van der Waals surface area contributed by atoms with E-state index in [1.165, 1.54) is 6.42 Å². The first-order valence-corrected chi connectivity index (χ1v) is 8.87. The van der Waals surface area contributed by atoms with Gasteiger partial charge in [0.15, 0.2) is 0 Å². The van der Waals surface area contributed by atoms with Crippen LogP contribution >= 0.6 is 15.9 Å². The highest BCUT2D eigenvalue weighted by molar-refractivity contribution is 9.10. The zero-order valence-corrected chi connectivity index (χ0v) is 15.5. The molecule has 0 radical (unpaired) electrons. The molecule has 1 aliphatic heterocycles. The van der Waals surface area contributed by atoms with Crippen LogP contribution in [0.4, 0.5) is 5.69 Å². The van der Waals surface area contributed by atoms with Crippen LogP contribution in [0.15, 0.2) is 33.8 Å². The van der Waals surface area contributed by atoms with Gasteiger partial charge in [-0.2, -0.15) is 0 Å². The van der Waals surface area contributed by atoms with E-state index in [2.05, 4.69) is 45.2 Å². The number of nitrogens with zero attached hydrogens (tertiary/aromatic N) is 2. The van der Waals surface area contributed by atoms with Gasteiger partial charge in [-0.3, -0.25) is 5.43 Å². The third kappa shape index (κ3) is 4.70. The average Bonchev–Trinajstić information content (AvgIpc) is 2.52. The van der Waals surface area contributed by atoms with E-state index in [-0.39, 0.29) is 18.1 Å². The van der Waals surface area contributed by atoms with Crippen LogP contribution in [-0.4, -0.2) is 35.4 Å². The molecule has 1 fully saturated rings. The van der Waals surface area contributed by atoms with Gasteiger partial charge in [-0.15, -0.1) is 5.10 Å². The number of rotatable bonds is 3. The second-order valence-electron chi connectivity index (χ2n) is 5.81. The standard InChI is InChI=1S/C17H24BrN3O2/c1-4-23-17(22)16(21-12(2)6-5-7-13(21)3)20-19-15-10-8-14(18)9-11-15/h8-13,19H,4-7H2,1-3H3/b20-16+/t12-,13-/m1/s1. The minimum absolute atomic E-state index is 0.272. The lowest BCUT2D eigenvalue weighted by Crippen LogP contribution is -2.51. The number of carbonyl (C=O) groups is 1. The molecule has 5 nitrogen and oxygen atoms in total. The number of anilines is 1. The maximum Gasteiger partial charge on any atom is 0.376 e. The fraction of sp³-hybridized carbons (Fsp3) is 0.529. The van der Waals surface area contributed by atoms with E-state index in [9.17, 15) is 4.79 Å². The lowest BCUT2D eigenvalue weighted by atomic mass is 9.97. The Hall–Kier alpha value is -1.56. The van der Waals surface area contributed by atoms with Crippen molar-refractivity contribution >= 4 is 33.4 Å². The maximum atomic E-state index is 12.4. The number of ether oxygens (including phenoxy) is 1. The van der Waals surface area contributed by atoms with Crippen molar-refractivity contribution in [3.8, 4) is 0 Å². The molecule has 0 unspecified atom stereocenters. The van der Waals surface area contributed by atoms with Gasteiger partial charge in [0.1, 0.15) is 0 Å². The molecule has 0 saturated carbocycles. The lowest BCUT2D eigenvalue weighted by molar-refractivity contribution is -0.136. The smallest absolute Gasteiger partial charge is 0.376 e. The number of piperidine rings is 1. The van der Waals surface area contributed by atoms with Gasteiger partial charge < -0.3 is 9.64 Å². The number of carbonyl (C=O) groups excluding carboxylic acids is 1. The molecule has 126 valence electrons. The zero-order chi connectivity index (χ0) is 16.8. The molecule has 0 spiro atoms. The number of benzene rings is 1. The van der Waals surface area contributed by atoms with E-state index >= 15 is 0 Å². The molecule has 0 amide bonds. The topological polar surface area (TPSA) is 53.9 Å². The maximum absolute atomic E-state index is 12.4. The molecule has 2 atom stereocenters. The van der Waals surface area contributed by atoms with Crippen LogP contribution in [0.5, 0.6) is 0 Å². The molecule has 1 heterocycles. The SMILES string of the molecule is CCOC(=O)/C(=N\Nc1ccc(Br)cc1)N1[C@H](C)CCC[C@H]1C. The molecular weight excluding hydrogens is 358 g/mol. The Kier molecular flexibility index (Phi) is 6.45. The summed E-state index contributed by atoms with van der Waals surface area (Å²) in [6.45, 7) is 6.40. The molecule has 1 aromatic carbocycles. The number of esters is 1. The van der Waals surface area contributed by atoms with Crippen molar-refractivity contribution in [3.63, 3.8) is 0 Å². The van der Waals surface area contributed by atoms with E-state index in [1.54, 1.807) is 6.92 Å². The van der Waals surface area contributed by atoms with Crippen LogP contribution in [0.3, 0.4) is 0 Å². The van der Waals surface area contributed by atoms with Crippen molar-refractivity contribution in [2.24, 2.45) is 5.10 Å². The van der Waals surface area contributed by atoms with Gasteiger partial charge in [-0.1, -0.05) is 15.9 Å². The van der Waals surface area contributed by atoms with E-state index < -0.39 is 0 Å². The van der Waals surface area contributed by atoms with Crippen LogP contribution in [0.25, 0.3) is 0 Å². The van der Waals surface area contributed by atoms with Crippen LogP contribution in [0.1, 0.15) is 40.0 Å². The van der Waals surface area contributed by atoms with Crippen LogP contribution in [0.2, 0.25) is 0 Å². The number of hydrogen-bond acceptors (Lipinski definition) is 4. The molecule has 0 aliphatic carbocycles. The summed E-state index contributed by atoms with van der Waals surface area (Å²) >= 11 is 3.40. The summed E-state index contributed by atoms with van der Waals surface area (Å²) in [5, 5.41) is 4.37. The van der Waals surface area contributed by atoms with Gasteiger partial charge in [-0.25, -0.2) is 4.79 Å². The molecule has 6 heteroatoms. The number of hydrogen-bond donors (Lipinski definition) is 1. The minimum atomic E-state index is -0.377. The fourth-order valence-corrected chi connectivity index (χ4v) is 3.15. The molecule has 0 aromatic heterocycles. The Balaban J connectivity index is 2.23. The van der Waals surface area contributed by atoms with Crippen molar-refractivity contribution < 1.29 is 9.53 Å². The lowest BCUT2D eigenvalue weighted by Gasteiger charge is -2.40. The van der Waals surface area contributed by atoms with E-state index in [4.69, 9.17) is 4.74 Å². The van der Waals surface area contributed by atoms with Crippen LogP contribution in [-0.2, 0) is 9.53 Å². The summed E-state index contributed by atoms with van der Waals surface area (Å²) < 4.78 is 6.20. The Bertz CT molecular complexity index is 549. The van der Waals surface area contributed by atoms with Crippen molar-refractivity contribution in [2.45, 2.75) is 52.1 Å². The normalized spacial score (nSPS) is 21.9. The first kappa shape index (κ1) is 17.8. The quantitative estimate of drug-likeness (QED) is 0.372. The Labute approximate surface area is 146 Å². The third-order valence-corrected chi connectivity index (χ3v) is 4.56. The van der Waals surface area contributed by atoms with Gasteiger partial charge in [0.25, 0.3) is 0 Å². The molecule has 1 aliphatic rings. The Morgan fingerprint density at radius 1 is 1.30 bits per heavy atom. The van der Waals surface area contributed by atoms with E-state index in [0.717, 1.165) is 23.0 Å². The van der Waals surface area contributed by atoms with Gasteiger partial charge in [0.05, 0.1) is 12.3 Å². The molecule has 1 N–H and O–H groups in total. The number of nitrogens with one attached hydrogen (secondary N) is 1. The number of likely N-dealkylation sites (tertiary alicyclic amines) is 1. The van der Waals surface area contributed by atoms with Gasteiger partial charge in [0.2, 0.25) is 5.84 Å². The average molecular weight is 382 g/mol. The first-order chi connectivity index (χ1) is 11.0. The number of halogens is 1. The molecular formula is C17H24BrN3O2. The Morgan fingerprint density at radius 3 is 2.48 bits per heavy atom. The second-order valence-corrected chi connectivity index (χ2v) is 6.73. The van der Waals surface area contributed by atoms with E-state index in [1.807, 2.05) is 24.3 Å². The van der Waals surface area contributed by atoms with Crippen LogP contribution < -0.4 is 5.43 Å². The fourth-order valence-electron chi connectivity index (χ4n) is 2.89. The predicted molar refractivity (Wildman–Crippen MR) is 96.4 cm³/mol. The summed E-state index contributed by atoms with van der Waals surface area (Å²) in [6, 6.07) is 8.20. The third-order valence-electron chi connectivity index (χ3n) is 4.03. The highest BCUT2D eigenvalue weighted by Gasteiger charge is 2.32. The van der Waals surface area contributed by atoms with Crippen molar-refractivity contribution in [1.82, 2.24) is 4.90 Å². The highest BCUT2D eigenvalue weighted by atomic mass is 79.9. The summed E-state index contributed by atoms with van der Waals surface area (Å²) in [5.41, 5.74) is 3.80. The zero-order valence-electron chi connectivity index (χ0n) is 13.9. The van der Waals surface area contributed by atoms with Gasteiger partial charge in [0, 0.05) is 16.6 Å². The van der Waals surface area contributed by atoms with E-state index in [0.29, 0.717) is 12.4 Å². The second kappa shape index (κ2) is 8.34. The van der Waals surface area contributed by atoms with Crippen LogP contribution in [0, 0.1) is 0 Å². The monoisotopic (exact) mass is 381 g/mol. The molecule has 2 rings (SSSR count). The number of hydrazone groups is 1. The van der Waals surface area contributed by atoms with Crippen molar-refractivity contribution in [1.29, 1.82) is 0 Å². The highest BCUT2D eigenvalue weighted by Crippen LogP contribution is 2.23.